The number of aromatic nitrogens is 2. The van der Waals surface area contributed by atoms with Crippen LogP contribution in [0.4, 0.5) is 10.1 Å². The standard InChI is InChI=1S/C25H30FN5O3/c1-7-29(6)24(13-32)28-31(14-33)23-10-18-19(9-21(23)26)25(34)30(12-20(18)15(2)3)22-8-17(5)27-11-16(22)4/h8-12,14-15,32H,7,13H2,1-6H3/b28-24-. The van der Waals surface area contributed by atoms with Gasteiger partial charge in [0.1, 0.15) is 18.1 Å². The van der Waals surface area contributed by atoms with Gasteiger partial charge in [-0.1, -0.05) is 13.8 Å². The van der Waals surface area contributed by atoms with Gasteiger partial charge in [-0.15, -0.1) is 5.10 Å². The second kappa shape index (κ2) is 10.1. The third kappa shape index (κ3) is 4.70. The molecule has 3 aromatic rings. The van der Waals surface area contributed by atoms with E-state index in [2.05, 4.69) is 10.1 Å². The van der Waals surface area contributed by atoms with E-state index in [1.807, 2.05) is 40.7 Å². The van der Waals surface area contributed by atoms with E-state index >= 15 is 4.39 Å². The Bertz CT molecular complexity index is 1320. The lowest BCUT2D eigenvalue weighted by molar-refractivity contribution is -0.107. The van der Waals surface area contributed by atoms with Crippen LogP contribution in [0.2, 0.25) is 0 Å². The molecule has 1 aromatic carbocycles. The van der Waals surface area contributed by atoms with Gasteiger partial charge in [-0.05, 0) is 61.4 Å². The van der Waals surface area contributed by atoms with Gasteiger partial charge >= 0.3 is 0 Å². The van der Waals surface area contributed by atoms with Gasteiger partial charge in [-0.25, -0.2) is 4.39 Å². The predicted octanol–water partition coefficient (Wildman–Crippen LogP) is 3.49. The summed E-state index contributed by atoms with van der Waals surface area (Å²) in [4.78, 5) is 31.2. The van der Waals surface area contributed by atoms with Gasteiger partial charge in [0.05, 0.1) is 11.1 Å². The maximum absolute atomic E-state index is 15.3. The summed E-state index contributed by atoms with van der Waals surface area (Å²) >= 11 is 0. The maximum atomic E-state index is 15.3. The van der Waals surface area contributed by atoms with Crippen LogP contribution in [0.3, 0.4) is 0 Å². The Hall–Kier alpha value is -3.59. The van der Waals surface area contributed by atoms with Gasteiger partial charge in [0.2, 0.25) is 6.41 Å². The zero-order chi connectivity index (χ0) is 25.2. The third-order valence-electron chi connectivity index (χ3n) is 5.83. The number of anilines is 1. The van der Waals surface area contributed by atoms with Crippen molar-refractivity contribution in [3.8, 4) is 5.69 Å². The SMILES string of the molecule is CCN(C)/C(CO)=N\N(C=O)c1cc2c(C(C)C)cn(-c3cc(C)ncc3C)c(=O)c2cc1F. The number of aliphatic hydroxyl groups is 1. The van der Waals surface area contributed by atoms with Crippen LogP contribution in [-0.2, 0) is 4.79 Å². The van der Waals surface area contributed by atoms with Crippen LogP contribution in [0, 0.1) is 19.7 Å². The lowest BCUT2D eigenvalue weighted by Gasteiger charge is -2.22. The largest absolute Gasteiger partial charge is 0.388 e. The number of hydrazone groups is 1. The van der Waals surface area contributed by atoms with E-state index in [4.69, 9.17) is 0 Å². The van der Waals surface area contributed by atoms with Gasteiger partial charge in [0, 0.05) is 31.7 Å². The highest BCUT2D eigenvalue weighted by atomic mass is 19.1. The highest BCUT2D eigenvalue weighted by Crippen LogP contribution is 2.31. The maximum Gasteiger partial charge on any atom is 0.263 e. The number of carbonyl (C=O) groups excluding carboxylic acids is 1. The van der Waals surface area contributed by atoms with Crippen molar-refractivity contribution in [3.63, 3.8) is 0 Å². The molecule has 0 saturated heterocycles. The van der Waals surface area contributed by atoms with E-state index in [9.17, 15) is 14.7 Å². The third-order valence-corrected chi connectivity index (χ3v) is 5.83. The van der Waals surface area contributed by atoms with E-state index < -0.39 is 12.4 Å². The number of aryl methyl sites for hydroxylation is 2. The fraction of sp³-hybridized carbons (Fsp3) is 0.360. The number of hydrogen-bond donors (Lipinski definition) is 1. The molecule has 1 N–H and O–H groups in total. The van der Waals surface area contributed by atoms with Crippen molar-refractivity contribution in [2.75, 3.05) is 25.2 Å². The Balaban J connectivity index is 2.31. The first-order valence-corrected chi connectivity index (χ1v) is 11.1. The molecule has 0 bridgehead atoms. The van der Waals surface area contributed by atoms with Crippen molar-refractivity contribution in [2.45, 2.75) is 40.5 Å². The fourth-order valence-corrected chi connectivity index (χ4v) is 3.73. The smallest absolute Gasteiger partial charge is 0.263 e. The normalized spacial score (nSPS) is 11.9. The minimum Gasteiger partial charge on any atom is -0.388 e. The molecule has 8 nitrogen and oxygen atoms in total. The lowest BCUT2D eigenvalue weighted by atomic mass is 9.97. The number of benzene rings is 1. The summed E-state index contributed by atoms with van der Waals surface area (Å²) in [5.41, 5.74) is 2.59. The molecule has 0 aliphatic rings. The average Bonchev–Trinajstić information content (AvgIpc) is 2.81. The zero-order valence-corrected chi connectivity index (χ0v) is 20.3. The highest BCUT2D eigenvalue weighted by Gasteiger charge is 2.20. The van der Waals surface area contributed by atoms with Gasteiger partial charge in [-0.3, -0.25) is 19.1 Å². The summed E-state index contributed by atoms with van der Waals surface area (Å²) < 4.78 is 16.8. The van der Waals surface area contributed by atoms with Crippen molar-refractivity contribution >= 4 is 28.7 Å². The average molecular weight is 468 g/mol. The summed E-state index contributed by atoms with van der Waals surface area (Å²) in [6.45, 7) is 9.64. The molecule has 34 heavy (non-hydrogen) atoms. The van der Waals surface area contributed by atoms with Crippen molar-refractivity contribution in [1.29, 1.82) is 0 Å². The van der Waals surface area contributed by atoms with Crippen molar-refractivity contribution in [3.05, 3.63) is 63.6 Å². The molecule has 0 atom stereocenters. The molecular weight excluding hydrogens is 437 g/mol. The number of pyridine rings is 2. The number of hydrogen-bond acceptors (Lipinski definition) is 5. The number of halogens is 1. The summed E-state index contributed by atoms with van der Waals surface area (Å²) in [5, 5.41) is 15.3. The molecule has 1 amide bonds. The number of fused-ring (bicyclic) bond motifs is 1. The zero-order valence-electron chi connectivity index (χ0n) is 20.3. The number of amidine groups is 1. The summed E-state index contributed by atoms with van der Waals surface area (Å²) in [6.07, 6.45) is 3.84. The van der Waals surface area contributed by atoms with Crippen molar-refractivity contribution in [2.24, 2.45) is 5.10 Å². The Labute approximate surface area is 198 Å². The second-order valence-corrected chi connectivity index (χ2v) is 8.51. The van der Waals surface area contributed by atoms with Crippen LogP contribution in [-0.4, -0.2) is 52.0 Å². The number of nitrogens with zero attached hydrogens (tertiary/aromatic N) is 5. The Morgan fingerprint density at radius 2 is 1.97 bits per heavy atom. The van der Waals surface area contributed by atoms with Crippen LogP contribution in [0.5, 0.6) is 0 Å². The molecule has 3 rings (SSSR count). The van der Waals surface area contributed by atoms with Crippen molar-refractivity contribution < 1.29 is 14.3 Å². The first kappa shape index (κ1) is 25.0. The Morgan fingerprint density at radius 3 is 2.56 bits per heavy atom. The molecule has 0 aliphatic heterocycles. The molecule has 0 fully saturated rings. The highest BCUT2D eigenvalue weighted by molar-refractivity contribution is 5.93. The minimum absolute atomic E-state index is 0.00307. The molecule has 2 aromatic heterocycles. The van der Waals surface area contributed by atoms with Crippen molar-refractivity contribution in [1.82, 2.24) is 14.5 Å². The number of rotatable bonds is 7. The number of carbonyl (C=O) groups is 1. The van der Waals surface area contributed by atoms with Crippen LogP contribution in [0.15, 0.2) is 40.5 Å². The molecule has 0 unspecified atom stereocenters. The summed E-state index contributed by atoms with van der Waals surface area (Å²) in [7, 11) is 1.71. The van der Waals surface area contributed by atoms with E-state index in [1.165, 1.54) is 10.6 Å². The van der Waals surface area contributed by atoms with E-state index in [-0.39, 0.29) is 28.4 Å². The fourth-order valence-electron chi connectivity index (χ4n) is 3.73. The van der Waals surface area contributed by atoms with Crippen LogP contribution in [0.25, 0.3) is 16.5 Å². The summed E-state index contributed by atoms with van der Waals surface area (Å²) in [5.74, 6) is -0.563. The first-order valence-electron chi connectivity index (χ1n) is 11.1. The van der Waals surface area contributed by atoms with Crippen LogP contribution >= 0.6 is 0 Å². The molecule has 0 spiro atoms. The van der Waals surface area contributed by atoms with E-state index in [0.717, 1.165) is 27.9 Å². The van der Waals surface area contributed by atoms with E-state index in [1.54, 1.807) is 24.3 Å². The summed E-state index contributed by atoms with van der Waals surface area (Å²) in [6, 6.07) is 4.43. The Morgan fingerprint density at radius 1 is 1.26 bits per heavy atom. The number of amides is 1. The molecule has 9 heteroatoms. The molecular formula is C25H30FN5O3. The van der Waals surface area contributed by atoms with Gasteiger partial charge in [0.25, 0.3) is 5.56 Å². The molecule has 0 radical (unpaired) electrons. The molecule has 0 aliphatic carbocycles. The van der Waals surface area contributed by atoms with Crippen LogP contribution < -0.4 is 10.6 Å². The topological polar surface area (TPSA) is 91.0 Å². The van der Waals surface area contributed by atoms with Gasteiger partial charge in [0.15, 0.2) is 5.84 Å². The number of aliphatic hydroxyl groups excluding tert-OH is 1. The first-order chi connectivity index (χ1) is 16.1. The molecule has 0 saturated carbocycles. The van der Waals surface area contributed by atoms with E-state index in [0.29, 0.717) is 24.0 Å². The predicted molar refractivity (Wildman–Crippen MR) is 132 cm³/mol. The number of likely N-dealkylation sites (N-methyl/N-ethyl adjacent to an activating group) is 1. The second-order valence-electron chi connectivity index (χ2n) is 8.51. The van der Waals surface area contributed by atoms with Gasteiger partial charge < -0.3 is 10.0 Å². The molecule has 2 heterocycles. The Kier molecular flexibility index (Phi) is 7.46. The minimum atomic E-state index is -0.771. The molecule has 180 valence electrons. The quantitative estimate of drug-likeness (QED) is 0.249. The van der Waals surface area contributed by atoms with Gasteiger partial charge in [-0.2, -0.15) is 5.01 Å². The van der Waals surface area contributed by atoms with Crippen LogP contribution in [0.1, 0.15) is 43.5 Å². The monoisotopic (exact) mass is 467 g/mol. The lowest BCUT2D eigenvalue weighted by Crippen LogP contribution is -2.32.